The Labute approximate surface area is 149 Å². The molecular formula is C19H24N2O3S. The third-order valence-corrected chi connectivity index (χ3v) is 5.01. The number of amides is 1. The first-order chi connectivity index (χ1) is 11.8. The summed E-state index contributed by atoms with van der Waals surface area (Å²) >= 11 is 0. The molecule has 25 heavy (non-hydrogen) atoms. The Morgan fingerprint density at radius 2 is 1.72 bits per heavy atom. The second kappa shape index (κ2) is 8.78. The van der Waals surface area contributed by atoms with Gasteiger partial charge < -0.3 is 5.32 Å². The van der Waals surface area contributed by atoms with E-state index < -0.39 is 10.0 Å². The Morgan fingerprint density at radius 1 is 1.04 bits per heavy atom. The highest BCUT2D eigenvalue weighted by Crippen LogP contribution is 2.10. The maximum absolute atomic E-state index is 12.1. The van der Waals surface area contributed by atoms with Gasteiger partial charge in [0.05, 0.1) is 12.8 Å². The van der Waals surface area contributed by atoms with Crippen molar-refractivity contribution in [3.63, 3.8) is 0 Å². The Morgan fingerprint density at radius 3 is 2.36 bits per heavy atom. The van der Waals surface area contributed by atoms with Crippen molar-refractivity contribution in [1.29, 1.82) is 0 Å². The molecule has 0 aliphatic carbocycles. The highest BCUT2D eigenvalue weighted by Gasteiger charge is 2.20. The maximum Gasteiger partial charge on any atom is 0.235 e. The minimum absolute atomic E-state index is 0.179. The van der Waals surface area contributed by atoms with Crippen LogP contribution in [0.15, 0.2) is 54.6 Å². The molecule has 2 aromatic rings. The van der Waals surface area contributed by atoms with Crippen LogP contribution in [0.1, 0.15) is 16.7 Å². The summed E-state index contributed by atoms with van der Waals surface area (Å²) in [5, 5.41) is 2.79. The first kappa shape index (κ1) is 19.1. The standard InChI is InChI=1S/C19H24N2O3S/c1-16-7-6-10-18(13-16)14-21(25(2,23)24)15-19(22)20-12-11-17-8-4-3-5-9-17/h3-10,13H,11-12,14-15H2,1-2H3,(H,20,22). The molecule has 134 valence electrons. The van der Waals surface area contributed by atoms with E-state index in [1.807, 2.05) is 61.5 Å². The Balaban J connectivity index is 1.91. The molecule has 5 nitrogen and oxygen atoms in total. The van der Waals surface area contributed by atoms with Crippen LogP contribution in [0.5, 0.6) is 0 Å². The Hall–Kier alpha value is -2.18. The van der Waals surface area contributed by atoms with Crippen LogP contribution in [0.25, 0.3) is 0 Å². The van der Waals surface area contributed by atoms with Gasteiger partial charge in [-0.2, -0.15) is 4.31 Å². The van der Waals surface area contributed by atoms with E-state index in [0.717, 1.165) is 22.9 Å². The molecule has 0 spiro atoms. The summed E-state index contributed by atoms with van der Waals surface area (Å²) in [6.07, 6.45) is 1.84. The van der Waals surface area contributed by atoms with Crippen LogP contribution in [-0.2, 0) is 27.8 Å². The molecule has 1 N–H and O–H groups in total. The van der Waals surface area contributed by atoms with E-state index in [0.29, 0.717) is 13.0 Å². The zero-order chi connectivity index (χ0) is 18.3. The molecule has 0 atom stereocenters. The summed E-state index contributed by atoms with van der Waals surface area (Å²) < 4.78 is 25.2. The van der Waals surface area contributed by atoms with Crippen LogP contribution in [-0.4, -0.2) is 38.0 Å². The maximum atomic E-state index is 12.1. The lowest BCUT2D eigenvalue weighted by molar-refractivity contribution is -0.121. The number of aryl methyl sites for hydroxylation is 1. The average Bonchev–Trinajstić information content (AvgIpc) is 2.54. The first-order valence-electron chi connectivity index (χ1n) is 8.16. The van der Waals surface area contributed by atoms with Crippen molar-refractivity contribution < 1.29 is 13.2 Å². The largest absolute Gasteiger partial charge is 0.355 e. The van der Waals surface area contributed by atoms with Crippen molar-refractivity contribution in [2.75, 3.05) is 19.3 Å². The van der Waals surface area contributed by atoms with Gasteiger partial charge in [-0.25, -0.2) is 8.42 Å². The summed E-state index contributed by atoms with van der Waals surface area (Å²) in [6, 6.07) is 17.4. The number of rotatable bonds is 8. The summed E-state index contributed by atoms with van der Waals surface area (Å²) in [7, 11) is -3.48. The minimum atomic E-state index is -3.48. The topological polar surface area (TPSA) is 66.5 Å². The van der Waals surface area contributed by atoms with Crippen LogP contribution in [0.3, 0.4) is 0 Å². The molecule has 6 heteroatoms. The highest BCUT2D eigenvalue weighted by molar-refractivity contribution is 7.88. The van der Waals surface area contributed by atoms with Crippen molar-refractivity contribution in [2.45, 2.75) is 19.9 Å². The fourth-order valence-electron chi connectivity index (χ4n) is 2.51. The molecule has 0 bridgehead atoms. The molecule has 0 aliphatic rings. The van der Waals surface area contributed by atoms with Gasteiger partial charge >= 0.3 is 0 Å². The minimum Gasteiger partial charge on any atom is -0.355 e. The number of sulfonamides is 1. The van der Waals surface area contributed by atoms with E-state index in [1.165, 1.54) is 4.31 Å². The smallest absolute Gasteiger partial charge is 0.235 e. The van der Waals surface area contributed by atoms with Gasteiger partial charge in [-0.15, -0.1) is 0 Å². The van der Waals surface area contributed by atoms with Gasteiger partial charge in [-0.3, -0.25) is 4.79 Å². The van der Waals surface area contributed by atoms with E-state index in [2.05, 4.69) is 5.32 Å². The van der Waals surface area contributed by atoms with Gasteiger partial charge in [0.15, 0.2) is 0 Å². The van der Waals surface area contributed by atoms with Crippen LogP contribution in [0, 0.1) is 6.92 Å². The summed E-state index contributed by atoms with van der Waals surface area (Å²) in [5.41, 5.74) is 3.04. The van der Waals surface area contributed by atoms with Crippen molar-refractivity contribution in [2.24, 2.45) is 0 Å². The number of benzene rings is 2. The number of hydrogen-bond donors (Lipinski definition) is 1. The zero-order valence-electron chi connectivity index (χ0n) is 14.6. The van der Waals surface area contributed by atoms with Gasteiger partial charge in [0, 0.05) is 13.1 Å². The lowest BCUT2D eigenvalue weighted by Crippen LogP contribution is -2.40. The molecule has 1 amide bonds. The quantitative estimate of drug-likeness (QED) is 0.784. The molecular weight excluding hydrogens is 336 g/mol. The first-order valence-corrected chi connectivity index (χ1v) is 10.0. The number of nitrogens with zero attached hydrogens (tertiary/aromatic N) is 1. The predicted octanol–water partition coefficient (Wildman–Crippen LogP) is 2.12. The monoisotopic (exact) mass is 360 g/mol. The summed E-state index contributed by atoms with van der Waals surface area (Å²) in [6.45, 7) is 2.43. The second-order valence-electron chi connectivity index (χ2n) is 6.11. The van der Waals surface area contributed by atoms with E-state index >= 15 is 0 Å². The van der Waals surface area contributed by atoms with Crippen LogP contribution < -0.4 is 5.32 Å². The van der Waals surface area contributed by atoms with E-state index in [4.69, 9.17) is 0 Å². The molecule has 0 saturated heterocycles. The van der Waals surface area contributed by atoms with Gasteiger partial charge in [0.2, 0.25) is 15.9 Å². The molecule has 0 heterocycles. The fourth-order valence-corrected chi connectivity index (χ4v) is 3.25. The van der Waals surface area contributed by atoms with Gasteiger partial charge in [-0.1, -0.05) is 60.2 Å². The molecule has 0 aromatic heterocycles. The van der Waals surface area contributed by atoms with Gasteiger partial charge in [0.1, 0.15) is 0 Å². The van der Waals surface area contributed by atoms with Crippen molar-refractivity contribution in [1.82, 2.24) is 9.62 Å². The van der Waals surface area contributed by atoms with E-state index in [9.17, 15) is 13.2 Å². The van der Waals surface area contributed by atoms with Gasteiger partial charge in [-0.05, 0) is 24.5 Å². The van der Waals surface area contributed by atoms with Crippen molar-refractivity contribution in [3.8, 4) is 0 Å². The average molecular weight is 360 g/mol. The van der Waals surface area contributed by atoms with E-state index in [1.54, 1.807) is 0 Å². The van der Waals surface area contributed by atoms with Crippen molar-refractivity contribution >= 4 is 15.9 Å². The summed E-state index contributed by atoms with van der Waals surface area (Å²) in [4.78, 5) is 12.1. The molecule has 0 saturated carbocycles. The third kappa shape index (κ3) is 6.68. The lowest BCUT2D eigenvalue weighted by Gasteiger charge is -2.20. The van der Waals surface area contributed by atoms with Crippen LogP contribution in [0.4, 0.5) is 0 Å². The second-order valence-corrected chi connectivity index (χ2v) is 8.09. The Bertz CT molecular complexity index is 804. The summed E-state index contributed by atoms with van der Waals surface area (Å²) in [5.74, 6) is -0.297. The molecule has 0 aliphatic heterocycles. The zero-order valence-corrected chi connectivity index (χ0v) is 15.4. The number of nitrogens with one attached hydrogen (secondary N) is 1. The highest BCUT2D eigenvalue weighted by atomic mass is 32.2. The Kier molecular flexibility index (Phi) is 6.73. The number of carbonyl (C=O) groups is 1. The van der Waals surface area contributed by atoms with Crippen LogP contribution >= 0.6 is 0 Å². The molecule has 0 unspecified atom stereocenters. The molecule has 0 fully saturated rings. The SMILES string of the molecule is Cc1cccc(CN(CC(=O)NCCc2ccccc2)S(C)(=O)=O)c1. The molecule has 0 radical (unpaired) electrons. The third-order valence-electron chi connectivity index (χ3n) is 3.81. The van der Waals surface area contributed by atoms with Crippen LogP contribution in [0.2, 0.25) is 0 Å². The number of carbonyl (C=O) groups excluding carboxylic acids is 1. The van der Waals surface area contributed by atoms with Crippen molar-refractivity contribution in [3.05, 3.63) is 71.3 Å². The molecule has 2 rings (SSSR count). The number of hydrogen-bond acceptors (Lipinski definition) is 3. The van der Waals surface area contributed by atoms with Gasteiger partial charge in [0.25, 0.3) is 0 Å². The molecule has 2 aromatic carbocycles. The fraction of sp³-hybridized carbons (Fsp3) is 0.316. The predicted molar refractivity (Wildman–Crippen MR) is 99.6 cm³/mol. The lowest BCUT2D eigenvalue weighted by atomic mass is 10.1. The van der Waals surface area contributed by atoms with E-state index in [-0.39, 0.29) is 19.0 Å². The normalized spacial score (nSPS) is 11.5.